The van der Waals surface area contributed by atoms with Crippen LogP contribution < -0.4 is 15.5 Å². The minimum absolute atomic E-state index is 0.0205. The second-order valence-electron chi connectivity index (χ2n) is 6.49. The third-order valence-electron chi connectivity index (χ3n) is 4.33. The number of aliphatic hydroxyl groups excluding tert-OH is 1. The predicted octanol–water partition coefficient (Wildman–Crippen LogP) is 0.833. The summed E-state index contributed by atoms with van der Waals surface area (Å²) in [6.45, 7) is 1.28. The number of fused-ring (bicyclic) bond motifs is 1. The predicted molar refractivity (Wildman–Crippen MR) is 95.5 cm³/mol. The third-order valence-corrected chi connectivity index (χ3v) is 4.33. The Morgan fingerprint density at radius 2 is 2.17 bits per heavy atom. The Bertz CT molecular complexity index is 909. The first-order valence-electron chi connectivity index (χ1n) is 8.58. The van der Waals surface area contributed by atoms with Crippen molar-refractivity contribution in [2.75, 3.05) is 6.61 Å². The highest BCUT2D eigenvalue weighted by atomic mass is 19.4. The van der Waals surface area contributed by atoms with Crippen molar-refractivity contribution in [2.24, 2.45) is 0 Å². The smallest absolute Gasteiger partial charge is 0.391 e. The van der Waals surface area contributed by atoms with E-state index in [0.29, 0.717) is 19.7 Å². The Kier molecular flexibility index (Phi) is 5.94. The summed E-state index contributed by atoms with van der Waals surface area (Å²) in [4.78, 5) is 19.7. The number of aromatic nitrogens is 2. The third kappa shape index (κ3) is 4.95. The van der Waals surface area contributed by atoms with Crippen LogP contribution in [0.4, 0.5) is 13.2 Å². The zero-order valence-corrected chi connectivity index (χ0v) is 15.3. The molecular formula is C17H17BF3N3O5. The van der Waals surface area contributed by atoms with Crippen molar-refractivity contribution in [1.29, 1.82) is 0 Å². The zero-order chi connectivity index (χ0) is 21.2. The van der Waals surface area contributed by atoms with Crippen LogP contribution in [0.3, 0.4) is 0 Å². The van der Waals surface area contributed by atoms with Crippen LogP contribution in [0.2, 0.25) is 0 Å². The molecule has 0 saturated heterocycles. The van der Waals surface area contributed by atoms with E-state index in [1.165, 1.54) is 6.07 Å². The summed E-state index contributed by atoms with van der Waals surface area (Å²) in [5, 5.41) is 21.2. The van der Waals surface area contributed by atoms with Gasteiger partial charge in [-0.05, 0) is 29.6 Å². The maximum atomic E-state index is 12.4. The number of aromatic hydroxyl groups is 1. The highest BCUT2D eigenvalue weighted by Gasteiger charge is 2.32. The highest BCUT2D eigenvalue weighted by molar-refractivity contribution is 6.49. The van der Waals surface area contributed by atoms with E-state index in [1.807, 2.05) is 5.32 Å². The fourth-order valence-electron chi connectivity index (χ4n) is 2.90. The van der Waals surface area contributed by atoms with Crippen LogP contribution in [0.1, 0.15) is 28.0 Å². The number of nitrogens with zero attached hydrogens (tertiary/aromatic N) is 2. The highest BCUT2D eigenvalue weighted by Crippen LogP contribution is 2.34. The molecule has 1 aliphatic heterocycles. The van der Waals surface area contributed by atoms with E-state index in [2.05, 4.69) is 9.97 Å². The molecule has 1 unspecified atom stereocenters. The van der Waals surface area contributed by atoms with Gasteiger partial charge >= 0.3 is 13.7 Å². The van der Waals surface area contributed by atoms with Crippen LogP contribution in [0.25, 0.3) is 0 Å². The van der Waals surface area contributed by atoms with E-state index in [1.54, 1.807) is 6.92 Å². The number of halogens is 3. The number of carbonyl (C=O) groups excluding carboxylic acids is 1. The molecule has 2 aromatic rings. The SMILES string of the molecule is Cc1c2c(cc(O)c1Oc1cnc(C(=O)NC(CO)CC(F)(F)F)cn1)COB2. The van der Waals surface area contributed by atoms with Gasteiger partial charge in [0.2, 0.25) is 5.88 Å². The molecule has 1 atom stereocenters. The summed E-state index contributed by atoms with van der Waals surface area (Å²) >= 11 is 0. The van der Waals surface area contributed by atoms with Crippen LogP contribution in [0, 0.1) is 6.92 Å². The molecular weight excluding hydrogens is 394 g/mol. The van der Waals surface area contributed by atoms with Crippen molar-refractivity contribution in [1.82, 2.24) is 15.3 Å². The molecule has 1 amide bonds. The van der Waals surface area contributed by atoms with Crippen molar-refractivity contribution in [3.8, 4) is 17.4 Å². The molecule has 1 aromatic carbocycles. The van der Waals surface area contributed by atoms with Gasteiger partial charge in [-0.25, -0.2) is 9.97 Å². The molecule has 0 saturated carbocycles. The lowest BCUT2D eigenvalue weighted by molar-refractivity contribution is -0.141. The van der Waals surface area contributed by atoms with E-state index >= 15 is 0 Å². The van der Waals surface area contributed by atoms with Crippen molar-refractivity contribution in [2.45, 2.75) is 32.2 Å². The minimum Gasteiger partial charge on any atom is -0.504 e. The first-order chi connectivity index (χ1) is 13.7. The monoisotopic (exact) mass is 411 g/mol. The fourth-order valence-corrected chi connectivity index (χ4v) is 2.90. The second kappa shape index (κ2) is 8.25. The van der Waals surface area contributed by atoms with Gasteiger partial charge in [0.05, 0.1) is 38.1 Å². The van der Waals surface area contributed by atoms with Gasteiger partial charge in [0, 0.05) is 0 Å². The number of alkyl halides is 3. The standard InChI is InChI=1S/C17H17BF3N3O5/c1-8-14-9(7-28-18-14)2-12(26)15(8)29-13-5-22-11(4-23-13)16(27)24-10(6-25)3-17(19,20)21/h2,4-5,10,18,25-26H,3,6-7H2,1H3,(H,24,27). The van der Waals surface area contributed by atoms with Crippen LogP contribution in [0.15, 0.2) is 18.5 Å². The maximum absolute atomic E-state index is 12.4. The van der Waals surface area contributed by atoms with Gasteiger partial charge in [-0.2, -0.15) is 13.2 Å². The van der Waals surface area contributed by atoms with E-state index in [-0.39, 0.29) is 23.1 Å². The van der Waals surface area contributed by atoms with Gasteiger partial charge in [-0.15, -0.1) is 0 Å². The van der Waals surface area contributed by atoms with Crippen molar-refractivity contribution >= 4 is 18.9 Å². The van der Waals surface area contributed by atoms with Crippen LogP contribution in [0.5, 0.6) is 17.4 Å². The quantitative estimate of drug-likeness (QED) is 0.604. The summed E-state index contributed by atoms with van der Waals surface area (Å²) in [6, 6.07) is 0.0451. The molecule has 0 spiro atoms. The number of nitrogens with one attached hydrogen (secondary N) is 1. The van der Waals surface area contributed by atoms with Gasteiger partial charge in [-0.3, -0.25) is 4.79 Å². The lowest BCUT2D eigenvalue weighted by Gasteiger charge is -2.17. The molecule has 12 heteroatoms. The summed E-state index contributed by atoms with van der Waals surface area (Å²) < 4.78 is 48.2. The molecule has 0 fully saturated rings. The van der Waals surface area contributed by atoms with Gasteiger partial charge in [0.1, 0.15) is 5.69 Å². The Morgan fingerprint density at radius 1 is 1.41 bits per heavy atom. The Hall–Kier alpha value is -2.86. The number of hydrogen-bond donors (Lipinski definition) is 3. The van der Waals surface area contributed by atoms with Crippen molar-refractivity contribution in [3.63, 3.8) is 0 Å². The molecule has 29 heavy (non-hydrogen) atoms. The molecule has 1 aliphatic rings. The molecule has 154 valence electrons. The molecule has 1 aromatic heterocycles. The van der Waals surface area contributed by atoms with E-state index < -0.39 is 31.2 Å². The van der Waals surface area contributed by atoms with E-state index in [4.69, 9.17) is 14.5 Å². The van der Waals surface area contributed by atoms with Gasteiger partial charge in [-0.1, -0.05) is 0 Å². The first kappa shape index (κ1) is 20.9. The minimum atomic E-state index is -4.54. The number of phenolic OH excluding ortho intramolecular Hbond substituents is 1. The van der Waals surface area contributed by atoms with E-state index in [0.717, 1.165) is 23.4 Å². The number of aliphatic hydroxyl groups is 1. The Balaban J connectivity index is 1.70. The summed E-state index contributed by atoms with van der Waals surface area (Å²) in [6.07, 6.45) is -3.78. The molecule has 8 nitrogen and oxygen atoms in total. The van der Waals surface area contributed by atoms with Gasteiger partial charge in [0.25, 0.3) is 5.91 Å². The molecule has 3 N–H and O–H groups in total. The van der Waals surface area contributed by atoms with Gasteiger partial charge in [0.15, 0.2) is 11.5 Å². The molecule has 0 bridgehead atoms. The number of ether oxygens (including phenoxy) is 1. The summed E-state index contributed by atoms with van der Waals surface area (Å²) in [7, 11) is 0.395. The maximum Gasteiger partial charge on any atom is 0.391 e. The number of benzene rings is 1. The average molecular weight is 411 g/mol. The molecule has 3 rings (SSSR count). The molecule has 2 heterocycles. The number of carbonyl (C=O) groups is 1. The largest absolute Gasteiger partial charge is 0.504 e. The first-order valence-corrected chi connectivity index (χ1v) is 8.58. The summed E-state index contributed by atoms with van der Waals surface area (Å²) in [5.74, 6) is -0.867. The molecule has 0 aliphatic carbocycles. The van der Waals surface area contributed by atoms with Crippen molar-refractivity contribution in [3.05, 3.63) is 35.3 Å². The van der Waals surface area contributed by atoms with Crippen molar-refractivity contribution < 1.29 is 37.6 Å². The normalized spacial score (nSPS) is 14.1. The number of phenols is 1. The number of amides is 1. The fraction of sp³-hybridized carbons (Fsp3) is 0.353. The lowest BCUT2D eigenvalue weighted by Crippen LogP contribution is -2.40. The average Bonchev–Trinajstić information content (AvgIpc) is 3.12. The molecule has 0 radical (unpaired) electrons. The van der Waals surface area contributed by atoms with Crippen LogP contribution in [-0.2, 0) is 11.3 Å². The number of rotatable bonds is 6. The van der Waals surface area contributed by atoms with Crippen LogP contribution >= 0.6 is 0 Å². The lowest BCUT2D eigenvalue weighted by atomic mass is 9.83. The Labute approximate surface area is 164 Å². The zero-order valence-electron chi connectivity index (χ0n) is 15.3. The topological polar surface area (TPSA) is 114 Å². The van der Waals surface area contributed by atoms with Gasteiger partial charge < -0.3 is 24.9 Å². The summed E-state index contributed by atoms with van der Waals surface area (Å²) in [5.41, 5.74) is 2.20. The van der Waals surface area contributed by atoms with Crippen LogP contribution in [-0.4, -0.2) is 52.4 Å². The number of hydrogen-bond acceptors (Lipinski definition) is 7. The second-order valence-corrected chi connectivity index (χ2v) is 6.49. The Morgan fingerprint density at radius 3 is 2.79 bits per heavy atom. The van der Waals surface area contributed by atoms with E-state index in [9.17, 15) is 23.1 Å².